The molecule has 0 spiro atoms. The number of esters is 1. The number of ether oxygens (including phenoxy) is 1. The van der Waals surface area contributed by atoms with Crippen LogP contribution in [0.25, 0.3) is 0 Å². The summed E-state index contributed by atoms with van der Waals surface area (Å²) < 4.78 is 4.89. The molecule has 0 aliphatic carbocycles. The number of carbonyl (C=O) groups excluding carboxylic acids is 2. The molecular formula is C37H70O5. The third kappa shape index (κ3) is 33.3. The third-order valence-electron chi connectivity index (χ3n) is 8.20. The second-order valence-corrected chi connectivity index (χ2v) is 12.5. The first-order chi connectivity index (χ1) is 20.6. The van der Waals surface area contributed by atoms with Crippen LogP contribution in [0.5, 0.6) is 0 Å². The van der Waals surface area contributed by atoms with Gasteiger partial charge in [-0.1, -0.05) is 141 Å². The summed E-state index contributed by atoms with van der Waals surface area (Å²) in [5, 5.41) is 17.9. The zero-order valence-electron chi connectivity index (χ0n) is 27.8. The summed E-state index contributed by atoms with van der Waals surface area (Å²) in [6, 6.07) is 0. The van der Waals surface area contributed by atoms with Gasteiger partial charge in [0.05, 0.1) is 6.61 Å². The van der Waals surface area contributed by atoms with E-state index in [1.165, 1.54) is 128 Å². The molecule has 0 aromatic heterocycles. The number of aliphatic hydroxyl groups excluding tert-OH is 2. The van der Waals surface area contributed by atoms with Crippen LogP contribution in [0, 0.1) is 0 Å². The average Bonchev–Trinajstić information content (AvgIpc) is 2.99. The molecule has 2 N–H and O–H groups in total. The van der Waals surface area contributed by atoms with Gasteiger partial charge in [0.15, 0.2) is 0 Å². The number of carbonyl (C=O) groups is 2. The maximum absolute atomic E-state index is 12.1. The van der Waals surface area contributed by atoms with E-state index >= 15 is 0 Å². The molecule has 0 aromatic rings. The van der Waals surface area contributed by atoms with Crippen molar-refractivity contribution in [3.63, 3.8) is 0 Å². The Labute approximate surface area is 260 Å². The summed E-state index contributed by atoms with van der Waals surface area (Å²) in [7, 11) is 0. The molecular weight excluding hydrogens is 524 g/mol. The van der Waals surface area contributed by atoms with Gasteiger partial charge >= 0.3 is 5.97 Å². The molecule has 1 atom stereocenters. The highest BCUT2D eigenvalue weighted by molar-refractivity contribution is 5.78. The Hall–Kier alpha value is -1.20. The largest absolute Gasteiger partial charge is 0.463 e. The molecule has 0 rings (SSSR count). The van der Waals surface area contributed by atoms with Crippen molar-refractivity contribution in [2.24, 2.45) is 0 Å². The highest BCUT2D eigenvalue weighted by Gasteiger charge is 2.07. The fraction of sp³-hybridized carbons (Fsp3) is 0.892. The number of unbranched alkanes of at least 4 members (excludes halogenated alkanes) is 23. The van der Waals surface area contributed by atoms with Crippen LogP contribution in [0.1, 0.15) is 193 Å². The highest BCUT2D eigenvalue weighted by atomic mass is 16.5. The van der Waals surface area contributed by atoms with E-state index in [4.69, 9.17) is 14.9 Å². The summed E-state index contributed by atoms with van der Waals surface area (Å²) in [5.41, 5.74) is 0. The maximum Gasteiger partial charge on any atom is 0.305 e. The Morgan fingerprint density at radius 1 is 0.548 bits per heavy atom. The quantitative estimate of drug-likeness (QED) is 0.0440. The molecule has 0 saturated heterocycles. The molecule has 42 heavy (non-hydrogen) atoms. The van der Waals surface area contributed by atoms with E-state index in [9.17, 15) is 9.59 Å². The summed E-state index contributed by atoms with van der Waals surface area (Å²) in [5.74, 6) is 0.190. The van der Waals surface area contributed by atoms with Gasteiger partial charge in [-0.15, -0.1) is 0 Å². The predicted octanol–water partition coefficient (Wildman–Crippen LogP) is 10.3. The van der Waals surface area contributed by atoms with Crippen molar-refractivity contribution < 1.29 is 24.5 Å². The van der Waals surface area contributed by atoms with Gasteiger partial charge in [0.2, 0.25) is 0 Å². The first-order valence-electron chi connectivity index (χ1n) is 18.2. The second kappa shape index (κ2) is 34.3. The molecule has 248 valence electrons. The fourth-order valence-corrected chi connectivity index (χ4v) is 5.37. The summed E-state index contributed by atoms with van der Waals surface area (Å²) in [4.78, 5) is 23.6. The zero-order valence-corrected chi connectivity index (χ0v) is 27.8. The van der Waals surface area contributed by atoms with E-state index in [2.05, 4.69) is 19.1 Å². The minimum atomic E-state index is -0.974. The van der Waals surface area contributed by atoms with Gasteiger partial charge in [-0.3, -0.25) is 9.59 Å². The summed E-state index contributed by atoms with van der Waals surface area (Å²) in [6.45, 7) is 1.77. The van der Waals surface area contributed by atoms with Gasteiger partial charge in [-0.2, -0.15) is 0 Å². The molecule has 0 aliphatic rings. The van der Waals surface area contributed by atoms with Gasteiger partial charge in [0, 0.05) is 19.3 Å². The van der Waals surface area contributed by atoms with Crippen LogP contribution < -0.4 is 0 Å². The third-order valence-corrected chi connectivity index (χ3v) is 8.20. The van der Waals surface area contributed by atoms with E-state index < -0.39 is 6.10 Å². The van der Waals surface area contributed by atoms with E-state index in [1.807, 2.05) is 0 Å². The Kier molecular flexibility index (Phi) is 33.3. The lowest BCUT2D eigenvalue weighted by molar-refractivity contribution is -0.147. The first-order valence-corrected chi connectivity index (χ1v) is 18.2. The Bertz CT molecular complexity index is 603. The lowest BCUT2D eigenvalue weighted by Gasteiger charge is -2.08. The number of rotatable bonds is 34. The molecule has 0 bridgehead atoms. The molecule has 0 fully saturated rings. The second-order valence-electron chi connectivity index (χ2n) is 12.5. The predicted molar refractivity (Wildman–Crippen MR) is 178 cm³/mol. The SMILES string of the molecule is CCCCCCCCCCCCCCCC(=O)CCCCCCCCC=CCCCCCCCC(=O)OCC(O)CO. The number of Topliss-reactive ketones (excluding diaryl/α,β-unsaturated/α-hetero) is 1. The molecule has 5 nitrogen and oxygen atoms in total. The first kappa shape index (κ1) is 40.8. The zero-order chi connectivity index (χ0) is 30.8. The van der Waals surface area contributed by atoms with Crippen LogP contribution in [0.2, 0.25) is 0 Å². The monoisotopic (exact) mass is 595 g/mol. The van der Waals surface area contributed by atoms with Crippen molar-refractivity contribution in [1.29, 1.82) is 0 Å². The molecule has 0 saturated carbocycles. The number of hydrogen-bond acceptors (Lipinski definition) is 5. The van der Waals surface area contributed by atoms with E-state index in [0.29, 0.717) is 12.2 Å². The number of aliphatic hydroxyl groups is 2. The fourth-order valence-electron chi connectivity index (χ4n) is 5.37. The standard InChI is InChI=1S/C37H70O5/c1-2-3-4-5-6-7-8-12-15-18-21-24-27-30-35(39)31-28-25-22-19-16-13-10-9-11-14-17-20-23-26-29-32-37(41)42-34-36(40)33-38/h9,11,36,38,40H,2-8,10,12-34H2,1H3. The van der Waals surface area contributed by atoms with Gasteiger partial charge < -0.3 is 14.9 Å². The van der Waals surface area contributed by atoms with Crippen molar-refractivity contribution in [3.05, 3.63) is 12.2 Å². The normalized spacial score (nSPS) is 12.3. The number of allylic oxidation sites excluding steroid dienone is 2. The van der Waals surface area contributed by atoms with E-state index in [-0.39, 0.29) is 19.2 Å². The molecule has 0 aliphatic heterocycles. The van der Waals surface area contributed by atoms with Crippen LogP contribution in [0.3, 0.4) is 0 Å². The average molecular weight is 595 g/mol. The van der Waals surface area contributed by atoms with Crippen LogP contribution >= 0.6 is 0 Å². The van der Waals surface area contributed by atoms with Crippen LogP contribution in [0.4, 0.5) is 0 Å². The molecule has 5 heteroatoms. The van der Waals surface area contributed by atoms with Crippen molar-refractivity contribution in [3.8, 4) is 0 Å². The number of hydrogen-bond donors (Lipinski definition) is 2. The van der Waals surface area contributed by atoms with Crippen molar-refractivity contribution in [2.75, 3.05) is 13.2 Å². The van der Waals surface area contributed by atoms with Gasteiger partial charge in [-0.25, -0.2) is 0 Å². The van der Waals surface area contributed by atoms with E-state index in [1.54, 1.807) is 0 Å². The minimum absolute atomic E-state index is 0.122. The van der Waals surface area contributed by atoms with E-state index in [0.717, 1.165) is 51.4 Å². The topological polar surface area (TPSA) is 83.8 Å². The maximum atomic E-state index is 12.1. The van der Waals surface area contributed by atoms with Crippen LogP contribution in [-0.4, -0.2) is 41.3 Å². The smallest absolute Gasteiger partial charge is 0.305 e. The lowest BCUT2D eigenvalue weighted by atomic mass is 10.0. The Balaban J connectivity index is 3.26. The van der Waals surface area contributed by atoms with Crippen LogP contribution in [0.15, 0.2) is 12.2 Å². The van der Waals surface area contributed by atoms with Gasteiger partial charge in [0.25, 0.3) is 0 Å². The Morgan fingerprint density at radius 2 is 0.905 bits per heavy atom. The van der Waals surface area contributed by atoms with Crippen molar-refractivity contribution in [1.82, 2.24) is 0 Å². The van der Waals surface area contributed by atoms with Crippen molar-refractivity contribution >= 4 is 11.8 Å². The molecule has 0 aromatic carbocycles. The minimum Gasteiger partial charge on any atom is -0.463 e. The van der Waals surface area contributed by atoms with Gasteiger partial charge in [-0.05, 0) is 44.9 Å². The Morgan fingerprint density at radius 3 is 1.31 bits per heavy atom. The summed E-state index contributed by atoms with van der Waals surface area (Å²) in [6.07, 6.45) is 38.3. The molecule has 0 heterocycles. The van der Waals surface area contributed by atoms with Crippen molar-refractivity contribution in [2.45, 2.75) is 199 Å². The highest BCUT2D eigenvalue weighted by Crippen LogP contribution is 2.15. The molecule has 1 unspecified atom stereocenters. The molecule has 0 radical (unpaired) electrons. The molecule has 0 amide bonds. The van der Waals surface area contributed by atoms with Crippen LogP contribution in [-0.2, 0) is 14.3 Å². The number of ketones is 1. The van der Waals surface area contributed by atoms with Gasteiger partial charge in [0.1, 0.15) is 18.5 Å². The summed E-state index contributed by atoms with van der Waals surface area (Å²) >= 11 is 0. The lowest BCUT2D eigenvalue weighted by Crippen LogP contribution is -2.21.